The van der Waals surface area contributed by atoms with E-state index in [9.17, 15) is 19.5 Å². The number of benzene rings is 1. The van der Waals surface area contributed by atoms with Gasteiger partial charge in [0.1, 0.15) is 19.0 Å². The predicted octanol–water partition coefficient (Wildman–Crippen LogP) is 2.47. The van der Waals surface area contributed by atoms with Gasteiger partial charge in [-0.15, -0.1) is 0 Å². The van der Waals surface area contributed by atoms with Crippen LogP contribution in [0.5, 0.6) is 0 Å². The van der Waals surface area contributed by atoms with Gasteiger partial charge in [0, 0.05) is 32.2 Å². The first kappa shape index (κ1) is 27.5. The Morgan fingerprint density at radius 1 is 1.19 bits per heavy atom. The summed E-state index contributed by atoms with van der Waals surface area (Å²) in [6.07, 6.45) is -0.850. The van der Waals surface area contributed by atoms with Gasteiger partial charge in [0.25, 0.3) is 5.56 Å². The van der Waals surface area contributed by atoms with Crippen LogP contribution in [0, 0.1) is 0 Å². The molecule has 2 heterocycles. The van der Waals surface area contributed by atoms with Gasteiger partial charge in [-0.05, 0) is 23.7 Å². The molecule has 0 aliphatic heterocycles. The van der Waals surface area contributed by atoms with E-state index in [1.165, 1.54) is 0 Å². The summed E-state index contributed by atoms with van der Waals surface area (Å²) in [5, 5.41) is 14.8. The van der Waals surface area contributed by atoms with Gasteiger partial charge >= 0.3 is 11.7 Å². The Morgan fingerprint density at radius 3 is 2.53 bits per heavy atom. The van der Waals surface area contributed by atoms with Crippen molar-refractivity contribution in [1.29, 1.82) is 0 Å². The zero-order valence-corrected chi connectivity index (χ0v) is 22.3. The molecule has 3 aromatic rings. The molecular weight excluding hydrogens is 508 g/mol. The Morgan fingerprint density at radius 2 is 1.89 bits per heavy atom. The van der Waals surface area contributed by atoms with Crippen LogP contribution in [0.1, 0.15) is 33.9 Å². The maximum Gasteiger partial charge on any atom is 0.355 e. The van der Waals surface area contributed by atoms with Crippen LogP contribution in [0.4, 0.5) is 0 Å². The third kappa shape index (κ3) is 7.23. The number of hydrogen-bond acceptors (Lipinski definition) is 9. The number of ether oxygens (including phenoxy) is 2. The summed E-state index contributed by atoms with van der Waals surface area (Å²) in [7, 11) is -0.207. The summed E-state index contributed by atoms with van der Waals surface area (Å²) < 4.78 is 17.5. The van der Waals surface area contributed by atoms with Gasteiger partial charge in [-0.1, -0.05) is 48.5 Å². The summed E-state index contributed by atoms with van der Waals surface area (Å²) in [4.78, 5) is 42.2. The summed E-state index contributed by atoms with van der Waals surface area (Å²) in [5.41, 5.74) is -1.11. The molecule has 0 bridgehead atoms. The predicted molar refractivity (Wildman–Crippen MR) is 134 cm³/mol. The van der Waals surface area contributed by atoms with Crippen molar-refractivity contribution >= 4 is 25.6 Å². The lowest BCUT2D eigenvalue weighted by atomic mass is 10.1. The van der Waals surface area contributed by atoms with Crippen molar-refractivity contribution in [2.75, 3.05) is 13.7 Å². The smallest absolute Gasteiger partial charge is 0.355 e. The van der Waals surface area contributed by atoms with Gasteiger partial charge in [0.2, 0.25) is 5.89 Å². The van der Waals surface area contributed by atoms with Crippen molar-refractivity contribution in [3.05, 3.63) is 79.2 Å². The Labute approximate surface area is 213 Å². The fourth-order valence-electron chi connectivity index (χ4n) is 3.24. The van der Waals surface area contributed by atoms with E-state index in [1.54, 1.807) is 24.3 Å². The van der Waals surface area contributed by atoms with Crippen molar-refractivity contribution in [3.63, 3.8) is 0 Å². The largest absolute Gasteiger partial charge is 0.464 e. The number of halogens is 1. The molecular formula is C23H29ClN4O7Si. The van der Waals surface area contributed by atoms with Crippen LogP contribution in [0.3, 0.4) is 0 Å². The van der Waals surface area contributed by atoms with Gasteiger partial charge in [-0.3, -0.25) is 13.9 Å². The molecule has 0 saturated heterocycles. The van der Waals surface area contributed by atoms with Crippen LogP contribution < -0.4 is 11.2 Å². The van der Waals surface area contributed by atoms with E-state index in [1.807, 2.05) is 0 Å². The lowest BCUT2D eigenvalue weighted by molar-refractivity contribution is 0.0523. The number of aliphatic hydroxyl groups excluding tert-OH is 1. The van der Waals surface area contributed by atoms with Crippen molar-refractivity contribution in [3.8, 4) is 0 Å². The lowest BCUT2D eigenvalue weighted by Gasteiger charge is -2.17. The van der Waals surface area contributed by atoms with Crippen molar-refractivity contribution in [2.24, 2.45) is 0 Å². The highest BCUT2D eigenvalue weighted by atomic mass is 35.5. The molecule has 0 spiro atoms. The van der Waals surface area contributed by atoms with E-state index < -0.39 is 31.4 Å². The molecule has 0 amide bonds. The molecule has 1 N–H and O–H groups in total. The second kappa shape index (κ2) is 11.8. The monoisotopic (exact) mass is 536 g/mol. The molecule has 2 aromatic heterocycles. The fraction of sp³-hybridized carbons (Fsp3) is 0.435. The molecule has 194 valence electrons. The van der Waals surface area contributed by atoms with E-state index in [4.69, 9.17) is 25.6 Å². The number of hydrogen-bond donors (Lipinski definition) is 1. The van der Waals surface area contributed by atoms with Crippen molar-refractivity contribution < 1.29 is 23.9 Å². The quantitative estimate of drug-likeness (QED) is 0.222. The number of nitrogens with zero attached hydrogens (tertiary/aromatic N) is 4. The average Bonchev–Trinajstić information content (AvgIpc) is 3.26. The fourth-order valence-corrected chi connectivity index (χ4v) is 4.12. The highest BCUT2D eigenvalue weighted by molar-refractivity contribution is 6.76. The average molecular weight is 537 g/mol. The summed E-state index contributed by atoms with van der Waals surface area (Å²) in [6, 6.07) is 8.56. The highest BCUT2D eigenvalue weighted by Gasteiger charge is 2.21. The zero-order valence-electron chi connectivity index (χ0n) is 20.6. The molecule has 0 fully saturated rings. The maximum atomic E-state index is 13.1. The number of rotatable bonds is 11. The van der Waals surface area contributed by atoms with Gasteiger partial charge < -0.3 is 19.1 Å². The second-order valence-corrected chi connectivity index (χ2v) is 15.4. The van der Waals surface area contributed by atoms with Crippen LogP contribution in [0.25, 0.3) is 0 Å². The van der Waals surface area contributed by atoms with Gasteiger partial charge in [0.05, 0.1) is 13.2 Å². The van der Waals surface area contributed by atoms with Gasteiger partial charge in [0.15, 0.2) is 5.82 Å². The summed E-state index contributed by atoms with van der Waals surface area (Å²) in [5.74, 6) is -0.646. The zero-order chi connectivity index (χ0) is 26.5. The van der Waals surface area contributed by atoms with E-state index in [2.05, 4.69) is 29.8 Å². The van der Waals surface area contributed by atoms with Gasteiger partial charge in [-0.25, -0.2) is 9.59 Å². The van der Waals surface area contributed by atoms with Crippen LogP contribution in [-0.4, -0.2) is 52.1 Å². The number of methoxy groups -OCH3 is 1. The number of aromatic nitrogens is 4. The Balaban J connectivity index is 1.80. The number of carbonyl (C=O) groups is 1. The first-order chi connectivity index (χ1) is 17.0. The lowest BCUT2D eigenvalue weighted by Crippen LogP contribution is -2.43. The molecule has 0 aliphatic carbocycles. The molecule has 13 heteroatoms. The number of esters is 1. The van der Waals surface area contributed by atoms with Gasteiger partial charge in [-0.2, -0.15) is 4.98 Å². The van der Waals surface area contributed by atoms with Crippen LogP contribution in [-0.2, 0) is 29.2 Å². The Kier molecular flexibility index (Phi) is 9.01. The molecule has 3 rings (SSSR count). The minimum atomic E-state index is -1.37. The molecule has 11 nitrogen and oxygen atoms in total. The topological polar surface area (TPSA) is 139 Å². The van der Waals surface area contributed by atoms with E-state index >= 15 is 0 Å². The molecule has 1 atom stereocenters. The molecule has 0 radical (unpaired) electrons. The summed E-state index contributed by atoms with van der Waals surface area (Å²) >= 11 is 5.87. The van der Waals surface area contributed by atoms with Crippen molar-refractivity contribution in [1.82, 2.24) is 19.3 Å². The Hall–Kier alpha value is -3.06. The maximum absolute atomic E-state index is 13.1. The Bertz CT molecular complexity index is 1310. The highest BCUT2D eigenvalue weighted by Crippen LogP contribution is 2.19. The first-order valence-electron chi connectivity index (χ1n) is 11.2. The molecule has 0 saturated carbocycles. The van der Waals surface area contributed by atoms with Crippen LogP contribution in [0.2, 0.25) is 30.7 Å². The molecule has 0 aliphatic rings. The first-order valence-corrected chi connectivity index (χ1v) is 15.3. The second-order valence-electron chi connectivity index (χ2n) is 9.38. The van der Waals surface area contributed by atoms with E-state index in [0.717, 1.165) is 28.4 Å². The van der Waals surface area contributed by atoms with Crippen LogP contribution in [0.15, 0.2) is 44.4 Å². The van der Waals surface area contributed by atoms with E-state index in [0.29, 0.717) is 17.2 Å². The van der Waals surface area contributed by atoms with Crippen molar-refractivity contribution in [2.45, 2.75) is 51.5 Å². The SMILES string of the molecule is COC(=O)c1cc(=O)n(Cc2nc(C[C@H](O)c3ccc(Cl)cc3)no2)c(=O)n1COCC[Si](C)(C)C. The normalized spacial score (nSPS) is 12.5. The summed E-state index contributed by atoms with van der Waals surface area (Å²) in [6.45, 7) is 6.43. The number of aliphatic hydroxyl groups is 1. The molecule has 1 aromatic carbocycles. The molecule has 0 unspecified atom stereocenters. The minimum absolute atomic E-state index is 0.00970. The standard InChI is InChI=1S/C23H29ClN4O7Si/c1-33-22(31)17-11-21(30)27(23(32)28(17)14-34-9-10-36(2,3)4)13-20-25-19(26-35-20)12-18(29)15-5-7-16(24)8-6-15/h5-8,11,18,29H,9-10,12-14H2,1-4H3/t18-/m0/s1. The third-order valence-corrected chi connectivity index (χ3v) is 7.28. The third-order valence-electron chi connectivity index (χ3n) is 5.32. The van der Waals surface area contributed by atoms with E-state index in [-0.39, 0.29) is 37.1 Å². The van der Waals surface area contributed by atoms with Crippen LogP contribution >= 0.6 is 11.6 Å². The molecule has 36 heavy (non-hydrogen) atoms. The number of carbonyl (C=O) groups excluding carboxylic acids is 1. The minimum Gasteiger partial charge on any atom is -0.464 e.